The number of nitrogens with zero attached hydrogens (tertiary/aromatic N) is 1. The van der Waals surface area contributed by atoms with Crippen molar-refractivity contribution < 1.29 is 9.47 Å². The third-order valence-corrected chi connectivity index (χ3v) is 3.47. The molecule has 110 valence electrons. The summed E-state index contributed by atoms with van der Waals surface area (Å²) in [6.45, 7) is 4.66. The van der Waals surface area contributed by atoms with Gasteiger partial charge in [0.1, 0.15) is 0 Å². The standard InChI is InChI=1S/C18H21NO2/c1-5-14-11-17(20-3)18(21-4)12-15(14)13-19(2)16-9-7-6-8-10-16/h5-12H,1,13H2,2-4H3. The van der Waals surface area contributed by atoms with Crippen molar-refractivity contribution in [3.05, 3.63) is 60.2 Å². The SMILES string of the molecule is C=Cc1cc(OC)c(OC)cc1CN(C)c1ccccc1. The zero-order valence-electron chi connectivity index (χ0n) is 12.8. The monoisotopic (exact) mass is 283 g/mol. The fourth-order valence-electron chi connectivity index (χ4n) is 2.29. The quantitative estimate of drug-likeness (QED) is 0.800. The van der Waals surface area contributed by atoms with Gasteiger partial charge in [-0.3, -0.25) is 0 Å². The number of anilines is 1. The first kappa shape index (κ1) is 15.0. The molecule has 0 spiro atoms. The van der Waals surface area contributed by atoms with Gasteiger partial charge in [0.05, 0.1) is 14.2 Å². The summed E-state index contributed by atoms with van der Waals surface area (Å²) < 4.78 is 10.7. The summed E-state index contributed by atoms with van der Waals surface area (Å²) in [5, 5.41) is 0. The number of hydrogen-bond donors (Lipinski definition) is 0. The summed E-state index contributed by atoms with van der Waals surface area (Å²) in [5.74, 6) is 1.46. The van der Waals surface area contributed by atoms with Gasteiger partial charge in [-0.25, -0.2) is 0 Å². The first-order valence-electron chi connectivity index (χ1n) is 6.83. The van der Waals surface area contributed by atoms with Crippen LogP contribution >= 0.6 is 0 Å². The lowest BCUT2D eigenvalue weighted by atomic mass is 10.1. The van der Waals surface area contributed by atoms with Crippen LogP contribution in [0.15, 0.2) is 49.0 Å². The lowest BCUT2D eigenvalue weighted by Gasteiger charge is -2.21. The lowest BCUT2D eigenvalue weighted by molar-refractivity contribution is 0.354. The molecule has 0 aliphatic rings. The summed E-state index contributed by atoms with van der Waals surface area (Å²) in [4.78, 5) is 2.19. The van der Waals surface area contributed by atoms with Crippen LogP contribution in [0.3, 0.4) is 0 Å². The van der Waals surface area contributed by atoms with E-state index in [9.17, 15) is 0 Å². The zero-order chi connectivity index (χ0) is 15.2. The van der Waals surface area contributed by atoms with Crippen LogP contribution < -0.4 is 14.4 Å². The van der Waals surface area contributed by atoms with Crippen LogP contribution in [0, 0.1) is 0 Å². The first-order chi connectivity index (χ1) is 10.2. The topological polar surface area (TPSA) is 21.7 Å². The minimum atomic E-state index is 0.721. The third kappa shape index (κ3) is 3.37. The van der Waals surface area contributed by atoms with E-state index in [2.05, 4.69) is 30.7 Å². The molecule has 0 bridgehead atoms. The van der Waals surface area contributed by atoms with Gasteiger partial charge in [-0.05, 0) is 35.4 Å². The van der Waals surface area contributed by atoms with Crippen molar-refractivity contribution in [2.24, 2.45) is 0 Å². The Morgan fingerprint density at radius 1 is 1.05 bits per heavy atom. The van der Waals surface area contributed by atoms with Crippen LogP contribution in [0.4, 0.5) is 5.69 Å². The molecular formula is C18H21NO2. The van der Waals surface area contributed by atoms with Crippen molar-refractivity contribution in [1.29, 1.82) is 0 Å². The van der Waals surface area contributed by atoms with Gasteiger partial charge < -0.3 is 14.4 Å². The number of methoxy groups -OCH3 is 2. The summed E-state index contributed by atoms with van der Waals surface area (Å²) >= 11 is 0. The Bertz CT molecular complexity index is 608. The van der Waals surface area contributed by atoms with Crippen LogP contribution in [0.2, 0.25) is 0 Å². The van der Waals surface area contributed by atoms with Crippen molar-refractivity contribution in [3.63, 3.8) is 0 Å². The number of ether oxygens (including phenoxy) is 2. The van der Waals surface area contributed by atoms with Crippen LogP contribution in [0.1, 0.15) is 11.1 Å². The smallest absolute Gasteiger partial charge is 0.161 e. The molecule has 3 nitrogen and oxygen atoms in total. The minimum Gasteiger partial charge on any atom is -0.493 e. The molecule has 0 aliphatic heterocycles. The Balaban J connectivity index is 2.32. The molecule has 2 rings (SSSR count). The van der Waals surface area contributed by atoms with Crippen LogP contribution in [-0.4, -0.2) is 21.3 Å². The second-order valence-electron chi connectivity index (χ2n) is 4.80. The molecule has 0 saturated carbocycles. The average molecular weight is 283 g/mol. The molecule has 0 aromatic heterocycles. The molecule has 21 heavy (non-hydrogen) atoms. The van der Waals surface area contributed by atoms with E-state index in [1.807, 2.05) is 36.4 Å². The zero-order valence-corrected chi connectivity index (χ0v) is 12.8. The Hall–Kier alpha value is -2.42. The van der Waals surface area contributed by atoms with Crippen molar-refractivity contribution in [2.75, 3.05) is 26.2 Å². The highest BCUT2D eigenvalue weighted by Gasteiger charge is 2.11. The predicted molar refractivity (Wildman–Crippen MR) is 88.2 cm³/mol. The van der Waals surface area contributed by atoms with E-state index in [1.165, 1.54) is 5.69 Å². The lowest BCUT2D eigenvalue weighted by Crippen LogP contribution is -2.17. The maximum Gasteiger partial charge on any atom is 0.161 e. The maximum atomic E-state index is 5.39. The summed E-state index contributed by atoms with van der Waals surface area (Å²) in [6.07, 6.45) is 1.84. The van der Waals surface area contributed by atoms with Gasteiger partial charge >= 0.3 is 0 Å². The molecule has 0 saturated heterocycles. The molecule has 0 radical (unpaired) electrons. The summed E-state index contributed by atoms with van der Waals surface area (Å²) in [7, 11) is 5.36. The fraction of sp³-hybridized carbons (Fsp3) is 0.222. The second kappa shape index (κ2) is 6.84. The summed E-state index contributed by atoms with van der Waals surface area (Å²) in [6, 6.07) is 14.2. The molecule has 0 amide bonds. The van der Waals surface area contributed by atoms with Crippen LogP contribution in [0.25, 0.3) is 6.08 Å². The average Bonchev–Trinajstić information content (AvgIpc) is 2.55. The van der Waals surface area contributed by atoms with E-state index < -0.39 is 0 Å². The molecule has 0 N–H and O–H groups in total. The highest BCUT2D eigenvalue weighted by molar-refractivity contribution is 5.60. The Morgan fingerprint density at radius 2 is 1.67 bits per heavy atom. The largest absolute Gasteiger partial charge is 0.493 e. The molecule has 0 fully saturated rings. The van der Waals surface area contributed by atoms with Crippen LogP contribution in [-0.2, 0) is 6.54 Å². The van der Waals surface area contributed by atoms with Crippen molar-refractivity contribution in [3.8, 4) is 11.5 Å². The van der Waals surface area contributed by atoms with E-state index in [1.54, 1.807) is 14.2 Å². The van der Waals surface area contributed by atoms with Gasteiger partial charge in [-0.1, -0.05) is 30.9 Å². The maximum absolute atomic E-state index is 5.39. The Morgan fingerprint density at radius 3 is 2.24 bits per heavy atom. The highest BCUT2D eigenvalue weighted by atomic mass is 16.5. The van der Waals surface area contributed by atoms with E-state index in [4.69, 9.17) is 9.47 Å². The number of para-hydroxylation sites is 1. The van der Waals surface area contributed by atoms with E-state index in [0.717, 1.165) is 29.2 Å². The molecule has 0 unspecified atom stereocenters. The molecular weight excluding hydrogens is 262 g/mol. The molecule has 3 heteroatoms. The molecule has 0 heterocycles. The van der Waals surface area contributed by atoms with E-state index in [0.29, 0.717) is 0 Å². The van der Waals surface area contributed by atoms with Crippen molar-refractivity contribution >= 4 is 11.8 Å². The van der Waals surface area contributed by atoms with Crippen molar-refractivity contribution in [2.45, 2.75) is 6.54 Å². The van der Waals surface area contributed by atoms with Gasteiger partial charge in [0.25, 0.3) is 0 Å². The van der Waals surface area contributed by atoms with Gasteiger partial charge in [-0.2, -0.15) is 0 Å². The normalized spacial score (nSPS) is 10.0. The Labute approximate surface area is 126 Å². The fourth-order valence-corrected chi connectivity index (χ4v) is 2.29. The highest BCUT2D eigenvalue weighted by Crippen LogP contribution is 2.32. The number of rotatable bonds is 6. The van der Waals surface area contributed by atoms with Gasteiger partial charge in [0.15, 0.2) is 11.5 Å². The van der Waals surface area contributed by atoms with Crippen LogP contribution in [0.5, 0.6) is 11.5 Å². The predicted octanol–water partition coefficient (Wildman–Crippen LogP) is 3.98. The number of benzene rings is 2. The molecule has 0 atom stereocenters. The van der Waals surface area contributed by atoms with E-state index >= 15 is 0 Å². The second-order valence-corrected chi connectivity index (χ2v) is 4.80. The third-order valence-electron chi connectivity index (χ3n) is 3.47. The summed E-state index contributed by atoms with van der Waals surface area (Å²) in [5.41, 5.74) is 3.37. The van der Waals surface area contributed by atoms with Gasteiger partial charge in [0.2, 0.25) is 0 Å². The first-order valence-corrected chi connectivity index (χ1v) is 6.83. The Kier molecular flexibility index (Phi) is 4.88. The minimum absolute atomic E-state index is 0.721. The molecule has 2 aromatic carbocycles. The van der Waals surface area contributed by atoms with Gasteiger partial charge in [-0.15, -0.1) is 0 Å². The molecule has 2 aromatic rings. The number of hydrogen-bond acceptors (Lipinski definition) is 3. The van der Waals surface area contributed by atoms with Gasteiger partial charge in [0, 0.05) is 19.3 Å². The molecule has 0 aliphatic carbocycles. The van der Waals surface area contributed by atoms with Crippen molar-refractivity contribution in [1.82, 2.24) is 0 Å². The van der Waals surface area contributed by atoms with E-state index in [-0.39, 0.29) is 0 Å².